The van der Waals surface area contributed by atoms with Crippen molar-refractivity contribution in [2.45, 2.75) is 19.8 Å². The minimum Gasteiger partial charge on any atom is -0.492 e. The second-order valence-corrected chi connectivity index (χ2v) is 8.10. The molecule has 0 bridgehead atoms. The fraction of sp³-hybridized carbons (Fsp3) is 0.500. The Morgan fingerprint density at radius 1 is 1.42 bits per heavy atom. The highest BCUT2D eigenvalue weighted by atomic mass is 79.9. The average molecular weight is 374 g/mol. The first-order valence-corrected chi connectivity index (χ1v) is 9.05. The highest BCUT2D eigenvalue weighted by molar-refractivity contribution is 9.10. The van der Waals surface area contributed by atoms with Crippen LogP contribution in [0.4, 0.5) is 4.39 Å². The van der Waals surface area contributed by atoms with Crippen LogP contribution in [-0.2, 0) is 9.05 Å². The van der Waals surface area contributed by atoms with Crippen molar-refractivity contribution in [3.63, 3.8) is 0 Å². The van der Waals surface area contributed by atoms with Gasteiger partial charge in [0.2, 0.25) is 9.05 Å². The van der Waals surface area contributed by atoms with Crippen LogP contribution in [0.2, 0.25) is 0 Å². The lowest BCUT2D eigenvalue weighted by molar-refractivity contribution is 0.279. The van der Waals surface area contributed by atoms with E-state index < -0.39 is 9.05 Å². The van der Waals surface area contributed by atoms with Gasteiger partial charge in [0.05, 0.1) is 16.8 Å². The van der Waals surface area contributed by atoms with Gasteiger partial charge in [-0.05, 0) is 46.8 Å². The Morgan fingerprint density at radius 3 is 2.74 bits per heavy atom. The number of hydrogen-bond donors (Lipinski definition) is 0. The standard InChI is InChI=1S/C12H15BrClFO3S/c1-9(5-7-19(14,16)17)4-6-18-12-8-10(15)2-3-11(12)13/h2-3,8-9H,4-7H2,1H3. The zero-order chi connectivity index (χ0) is 14.5. The van der Waals surface area contributed by atoms with Gasteiger partial charge in [0.1, 0.15) is 11.6 Å². The summed E-state index contributed by atoms with van der Waals surface area (Å²) in [5, 5.41) is 0. The predicted molar refractivity (Wildman–Crippen MR) is 77.6 cm³/mol. The molecule has 1 aromatic rings. The Labute approximate surface area is 125 Å². The van der Waals surface area contributed by atoms with Crippen molar-refractivity contribution < 1.29 is 17.5 Å². The molecule has 1 aromatic carbocycles. The fourth-order valence-electron chi connectivity index (χ4n) is 1.44. The Kier molecular flexibility index (Phi) is 6.56. The summed E-state index contributed by atoms with van der Waals surface area (Å²) >= 11 is 3.27. The summed E-state index contributed by atoms with van der Waals surface area (Å²) in [5.41, 5.74) is 0. The second kappa shape index (κ2) is 7.45. The molecule has 1 atom stereocenters. The van der Waals surface area contributed by atoms with Gasteiger partial charge >= 0.3 is 0 Å². The van der Waals surface area contributed by atoms with Gasteiger partial charge in [0.25, 0.3) is 0 Å². The molecular formula is C12H15BrClFO3S. The van der Waals surface area contributed by atoms with Gasteiger partial charge in [-0.1, -0.05) is 6.92 Å². The first kappa shape index (κ1) is 16.7. The number of hydrogen-bond acceptors (Lipinski definition) is 3. The Balaban J connectivity index is 2.35. The van der Waals surface area contributed by atoms with Gasteiger partial charge in [-0.25, -0.2) is 12.8 Å². The summed E-state index contributed by atoms with van der Waals surface area (Å²) in [7, 11) is 1.70. The molecule has 0 fully saturated rings. The van der Waals surface area contributed by atoms with Crippen LogP contribution in [-0.4, -0.2) is 20.8 Å². The maximum Gasteiger partial charge on any atom is 0.232 e. The van der Waals surface area contributed by atoms with Crippen molar-refractivity contribution in [1.82, 2.24) is 0 Å². The van der Waals surface area contributed by atoms with E-state index in [1.807, 2.05) is 6.92 Å². The molecule has 0 aliphatic heterocycles. The normalized spacial score (nSPS) is 13.3. The van der Waals surface area contributed by atoms with Gasteiger partial charge in [-0.3, -0.25) is 0 Å². The summed E-state index contributed by atoms with van der Waals surface area (Å²) in [4.78, 5) is 0. The van der Waals surface area contributed by atoms with Gasteiger partial charge in [0.15, 0.2) is 0 Å². The van der Waals surface area contributed by atoms with E-state index >= 15 is 0 Å². The lowest BCUT2D eigenvalue weighted by Crippen LogP contribution is -2.08. The van der Waals surface area contributed by atoms with Crippen molar-refractivity contribution in [2.75, 3.05) is 12.4 Å². The van der Waals surface area contributed by atoms with E-state index in [1.165, 1.54) is 12.1 Å². The number of halogens is 3. The summed E-state index contributed by atoms with van der Waals surface area (Å²) in [6.07, 6.45) is 1.16. The highest BCUT2D eigenvalue weighted by Crippen LogP contribution is 2.26. The Morgan fingerprint density at radius 2 is 2.11 bits per heavy atom. The molecule has 0 N–H and O–H groups in total. The van der Waals surface area contributed by atoms with Crippen LogP contribution in [0.3, 0.4) is 0 Å². The summed E-state index contributed by atoms with van der Waals surface area (Å²) in [6, 6.07) is 4.22. The molecule has 7 heteroatoms. The molecule has 1 unspecified atom stereocenters. The highest BCUT2D eigenvalue weighted by Gasteiger charge is 2.10. The molecule has 0 saturated carbocycles. The zero-order valence-electron chi connectivity index (χ0n) is 10.4. The third kappa shape index (κ3) is 7.13. The Hall–Kier alpha value is -0.330. The minimum atomic E-state index is -3.43. The molecule has 1 rings (SSSR count). The van der Waals surface area contributed by atoms with Gasteiger partial charge in [-0.2, -0.15) is 0 Å². The van der Waals surface area contributed by atoms with Gasteiger partial charge < -0.3 is 4.74 Å². The van der Waals surface area contributed by atoms with Gasteiger partial charge in [0, 0.05) is 16.7 Å². The summed E-state index contributed by atoms with van der Waals surface area (Å²) in [5.74, 6) is 0.205. The van der Waals surface area contributed by atoms with E-state index in [0.717, 1.165) is 0 Å². The van der Waals surface area contributed by atoms with Crippen molar-refractivity contribution in [3.05, 3.63) is 28.5 Å². The quantitative estimate of drug-likeness (QED) is 0.680. The number of rotatable bonds is 7. The predicted octanol–water partition coefficient (Wildman–Crippen LogP) is 3.95. The summed E-state index contributed by atoms with van der Waals surface area (Å²) in [6.45, 7) is 2.32. The molecule has 108 valence electrons. The van der Waals surface area contributed by atoms with E-state index in [1.54, 1.807) is 6.07 Å². The minimum absolute atomic E-state index is 0.0423. The molecule has 3 nitrogen and oxygen atoms in total. The number of benzene rings is 1. The molecular weight excluding hydrogens is 359 g/mol. The van der Waals surface area contributed by atoms with E-state index in [-0.39, 0.29) is 17.5 Å². The monoisotopic (exact) mass is 372 g/mol. The Bertz CT molecular complexity index is 522. The van der Waals surface area contributed by atoms with E-state index in [2.05, 4.69) is 15.9 Å². The SMILES string of the molecule is CC(CCOc1cc(F)ccc1Br)CCS(=O)(=O)Cl. The molecule has 0 spiro atoms. The third-order valence-corrected chi connectivity index (χ3v) is 4.46. The molecule has 0 heterocycles. The van der Waals surface area contributed by atoms with E-state index in [9.17, 15) is 12.8 Å². The largest absolute Gasteiger partial charge is 0.492 e. The lowest BCUT2D eigenvalue weighted by Gasteiger charge is -2.12. The lowest BCUT2D eigenvalue weighted by atomic mass is 10.1. The van der Waals surface area contributed by atoms with Crippen LogP contribution >= 0.6 is 26.6 Å². The maximum atomic E-state index is 13.0. The molecule has 0 aliphatic rings. The van der Waals surface area contributed by atoms with E-state index in [0.29, 0.717) is 29.7 Å². The summed E-state index contributed by atoms with van der Waals surface area (Å²) < 4.78 is 40.7. The molecule has 19 heavy (non-hydrogen) atoms. The van der Waals surface area contributed by atoms with Gasteiger partial charge in [-0.15, -0.1) is 0 Å². The first-order valence-electron chi connectivity index (χ1n) is 5.78. The van der Waals surface area contributed by atoms with Crippen LogP contribution in [0.15, 0.2) is 22.7 Å². The average Bonchev–Trinajstić information content (AvgIpc) is 2.30. The maximum absolute atomic E-state index is 13.0. The zero-order valence-corrected chi connectivity index (χ0v) is 13.6. The first-order chi connectivity index (χ1) is 8.78. The molecule has 0 radical (unpaired) electrons. The van der Waals surface area contributed by atoms with Crippen LogP contribution in [0, 0.1) is 11.7 Å². The fourth-order valence-corrected chi connectivity index (χ4v) is 2.76. The van der Waals surface area contributed by atoms with Crippen molar-refractivity contribution in [1.29, 1.82) is 0 Å². The van der Waals surface area contributed by atoms with Crippen molar-refractivity contribution in [2.24, 2.45) is 5.92 Å². The van der Waals surface area contributed by atoms with Crippen molar-refractivity contribution >= 4 is 35.7 Å². The van der Waals surface area contributed by atoms with Crippen LogP contribution in [0.1, 0.15) is 19.8 Å². The van der Waals surface area contributed by atoms with Crippen LogP contribution in [0.5, 0.6) is 5.75 Å². The molecule has 0 aromatic heterocycles. The van der Waals surface area contributed by atoms with Crippen LogP contribution in [0.25, 0.3) is 0 Å². The molecule has 0 aliphatic carbocycles. The molecule has 0 amide bonds. The van der Waals surface area contributed by atoms with E-state index in [4.69, 9.17) is 15.4 Å². The third-order valence-electron chi connectivity index (χ3n) is 2.62. The topological polar surface area (TPSA) is 43.4 Å². The number of ether oxygens (including phenoxy) is 1. The van der Waals surface area contributed by atoms with Crippen molar-refractivity contribution in [3.8, 4) is 5.75 Å². The smallest absolute Gasteiger partial charge is 0.232 e. The molecule has 0 saturated heterocycles. The van der Waals surface area contributed by atoms with Crippen LogP contribution < -0.4 is 4.74 Å². The second-order valence-electron chi connectivity index (χ2n) is 4.35.